The van der Waals surface area contributed by atoms with Crippen LogP contribution in [0.5, 0.6) is 11.5 Å². The van der Waals surface area contributed by atoms with Gasteiger partial charge in [0.2, 0.25) is 0 Å². The molecule has 0 aliphatic rings. The van der Waals surface area contributed by atoms with Crippen LogP contribution in [0, 0.1) is 0 Å². The van der Waals surface area contributed by atoms with E-state index in [1.54, 1.807) is 0 Å². The van der Waals surface area contributed by atoms with Crippen molar-refractivity contribution in [2.45, 2.75) is 52.8 Å². The maximum atomic E-state index is 9.10. The topological polar surface area (TPSA) is 135 Å². The van der Waals surface area contributed by atoms with Crippen molar-refractivity contribution in [2.24, 2.45) is 0 Å². The van der Waals surface area contributed by atoms with Crippen molar-refractivity contribution in [3.05, 3.63) is 89.4 Å². The van der Waals surface area contributed by atoms with E-state index in [1.165, 1.54) is 5.56 Å². The second-order valence-electron chi connectivity index (χ2n) is 9.71. The van der Waals surface area contributed by atoms with E-state index in [-0.39, 0.29) is 5.41 Å². The molecular weight excluding hydrogens is 500 g/mol. The van der Waals surface area contributed by atoms with Gasteiger partial charge in [-0.1, -0.05) is 57.2 Å². The summed E-state index contributed by atoms with van der Waals surface area (Å²) in [6.45, 7) is 11.0. The highest BCUT2D eigenvalue weighted by atomic mass is 16.5. The molecule has 0 aliphatic heterocycles. The summed E-state index contributed by atoms with van der Waals surface area (Å²) in [5.74, 6) is -1.25. The fourth-order valence-corrected chi connectivity index (χ4v) is 3.64. The number of hydrogen-bond donors (Lipinski definition) is 3. The highest BCUT2D eigenvalue weighted by molar-refractivity contribution is 6.27. The average Bonchev–Trinajstić information content (AvgIpc) is 3.31. The predicted octanol–water partition coefficient (Wildman–Crippen LogP) is 4.45. The van der Waals surface area contributed by atoms with E-state index in [0.717, 1.165) is 34.1 Å². The summed E-state index contributed by atoms with van der Waals surface area (Å²) in [6.07, 6.45) is 1.97. The number of carbonyl (C=O) groups is 2. The molecule has 0 radical (unpaired) electrons. The van der Waals surface area contributed by atoms with Gasteiger partial charge in [-0.05, 0) is 53.3 Å². The van der Waals surface area contributed by atoms with Gasteiger partial charge < -0.3 is 25.0 Å². The van der Waals surface area contributed by atoms with Crippen LogP contribution < -0.4 is 14.8 Å². The zero-order valence-electron chi connectivity index (χ0n) is 22.5. The SMILES string of the molecule is CCOc1cc(CNCc2nnc3ccccn23)ccc1OCc1ccc(C(C)(C)C)cc1.O=C(O)C(=O)O. The lowest BCUT2D eigenvalue weighted by Gasteiger charge is -2.19. The van der Waals surface area contributed by atoms with Crippen LogP contribution in [0.1, 0.15) is 50.2 Å². The lowest BCUT2D eigenvalue weighted by molar-refractivity contribution is -0.159. The van der Waals surface area contributed by atoms with Gasteiger partial charge in [0.1, 0.15) is 6.61 Å². The summed E-state index contributed by atoms with van der Waals surface area (Å²) in [6, 6.07) is 20.6. The van der Waals surface area contributed by atoms with Crippen molar-refractivity contribution in [3.8, 4) is 11.5 Å². The number of carboxylic acid groups (broad SMARTS) is 2. The Morgan fingerprint density at radius 3 is 2.21 bits per heavy atom. The maximum absolute atomic E-state index is 9.10. The van der Waals surface area contributed by atoms with Crippen LogP contribution in [0.2, 0.25) is 0 Å². The molecule has 0 spiro atoms. The van der Waals surface area contributed by atoms with E-state index in [4.69, 9.17) is 29.3 Å². The predicted molar refractivity (Wildman–Crippen MR) is 146 cm³/mol. The number of aromatic nitrogens is 3. The van der Waals surface area contributed by atoms with Crippen LogP contribution in [-0.4, -0.2) is 43.4 Å². The van der Waals surface area contributed by atoms with Crippen molar-refractivity contribution in [2.75, 3.05) is 6.61 Å². The highest BCUT2D eigenvalue weighted by Crippen LogP contribution is 2.30. The molecule has 3 N–H and O–H groups in total. The largest absolute Gasteiger partial charge is 0.490 e. The third kappa shape index (κ3) is 8.54. The maximum Gasteiger partial charge on any atom is 0.414 e. The van der Waals surface area contributed by atoms with E-state index in [1.807, 2.05) is 47.9 Å². The Morgan fingerprint density at radius 1 is 0.872 bits per heavy atom. The molecule has 4 aromatic rings. The van der Waals surface area contributed by atoms with Crippen LogP contribution >= 0.6 is 0 Å². The Bertz CT molecular complexity index is 1380. The van der Waals surface area contributed by atoms with Gasteiger partial charge in [-0.15, -0.1) is 10.2 Å². The molecule has 0 unspecified atom stereocenters. The number of fused-ring (bicyclic) bond motifs is 1. The molecule has 0 bridgehead atoms. The van der Waals surface area contributed by atoms with E-state index in [2.05, 4.69) is 66.6 Å². The molecule has 2 aromatic carbocycles. The third-order valence-corrected chi connectivity index (χ3v) is 5.70. The molecule has 0 aliphatic carbocycles. The molecule has 0 fully saturated rings. The van der Waals surface area contributed by atoms with Crippen molar-refractivity contribution >= 4 is 17.6 Å². The smallest absolute Gasteiger partial charge is 0.414 e. The number of pyridine rings is 1. The highest BCUT2D eigenvalue weighted by Gasteiger charge is 2.13. The lowest BCUT2D eigenvalue weighted by atomic mass is 9.87. The fourth-order valence-electron chi connectivity index (χ4n) is 3.64. The molecule has 206 valence electrons. The van der Waals surface area contributed by atoms with E-state index in [0.29, 0.717) is 26.3 Å². The zero-order chi connectivity index (χ0) is 28.4. The summed E-state index contributed by atoms with van der Waals surface area (Å²) in [4.78, 5) is 18.2. The molecule has 2 heterocycles. The summed E-state index contributed by atoms with van der Waals surface area (Å²) in [5, 5.41) is 26.7. The molecule has 0 saturated heterocycles. The second-order valence-corrected chi connectivity index (χ2v) is 9.71. The quantitative estimate of drug-likeness (QED) is 0.266. The van der Waals surface area contributed by atoms with Gasteiger partial charge in [0.15, 0.2) is 23.0 Å². The minimum absolute atomic E-state index is 0.145. The number of aliphatic carboxylic acids is 2. The van der Waals surface area contributed by atoms with E-state index < -0.39 is 11.9 Å². The van der Waals surface area contributed by atoms with Gasteiger partial charge in [-0.3, -0.25) is 4.40 Å². The van der Waals surface area contributed by atoms with E-state index >= 15 is 0 Å². The minimum Gasteiger partial charge on any atom is -0.490 e. The molecule has 39 heavy (non-hydrogen) atoms. The number of nitrogens with zero attached hydrogens (tertiary/aromatic N) is 3. The summed E-state index contributed by atoms with van der Waals surface area (Å²) in [5.41, 5.74) is 4.57. The van der Waals surface area contributed by atoms with Crippen LogP contribution in [0.3, 0.4) is 0 Å². The van der Waals surface area contributed by atoms with Crippen molar-refractivity contribution in [3.63, 3.8) is 0 Å². The van der Waals surface area contributed by atoms with Crippen LogP contribution in [0.15, 0.2) is 66.9 Å². The third-order valence-electron chi connectivity index (χ3n) is 5.70. The first kappa shape index (κ1) is 29.1. The van der Waals surface area contributed by atoms with Crippen LogP contribution in [-0.2, 0) is 34.7 Å². The molecule has 2 aromatic heterocycles. The summed E-state index contributed by atoms with van der Waals surface area (Å²) >= 11 is 0. The normalized spacial score (nSPS) is 11.0. The zero-order valence-corrected chi connectivity index (χ0v) is 22.5. The van der Waals surface area contributed by atoms with Gasteiger partial charge in [0.25, 0.3) is 0 Å². The number of benzene rings is 2. The van der Waals surface area contributed by atoms with Gasteiger partial charge >= 0.3 is 11.9 Å². The first-order valence-corrected chi connectivity index (χ1v) is 12.5. The molecule has 0 amide bonds. The molecular formula is C29H34N4O6. The number of hydrogen-bond acceptors (Lipinski definition) is 7. The van der Waals surface area contributed by atoms with Crippen molar-refractivity contribution in [1.82, 2.24) is 19.9 Å². The fraction of sp³-hybridized carbons (Fsp3) is 0.310. The van der Waals surface area contributed by atoms with Crippen LogP contribution in [0.25, 0.3) is 5.65 Å². The molecule has 10 nitrogen and oxygen atoms in total. The van der Waals surface area contributed by atoms with Gasteiger partial charge in [-0.25, -0.2) is 9.59 Å². The Morgan fingerprint density at radius 2 is 1.56 bits per heavy atom. The average molecular weight is 535 g/mol. The van der Waals surface area contributed by atoms with Gasteiger partial charge in [0, 0.05) is 12.7 Å². The molecule has 0 saturated carbocycles. The van der Waals surface area contributed by atoms with Crippen molar-refractivity contribution in [1.29, 1.82) is 0 Å². The molecule has 4 rings (SSSR count). The Balaban J connectivity index is 0.000000631. The lowest BCUT2D eigenvalue weighted by Crippen LogP contribution is -2.15. The molecule has 0 atom stereocenters. The van der Waals surface area contributed by atoms with Crippen LogP contribution in [0.4, 0.5) is 0 Å². The summed E-state index contributed by atoms with van der Waals surface area (Å²) < 4.78 is 14.0. The Kier molecular flexibility index (Phi) is 9.99. The Labute approximate surface area is 227 Å². The number of nitrogens with one attached hydrogen (secondary N) is 1. The Hall–Kier alpha value is -4.44. The molecule has 10 heteroatoms. The first-order chi connectivity index (χ1) is 18.6. The number of rotatable bonds is 9. The minimum atomic E-state index is -1.82. The number of ether oxygens (including phenoxy) is 2. The first-order valence-electron chi connectivity index (χ1n) is 12.5. The van der Waals surface area contributed by atoms with E-state index in [9.17, 15) is 0 Å². The monoisotopic (exact) mass is 534 g/mol. The summed E-state index contributed by atoms with van der Waals surface area (Å²) in [7, 11) is 0. The standard InChI is InChI=1S/C27H32N4O2.C2H2O4/c1-5-32-24-16-21(17-28-18-26-30-29-25-8-6-7-15-31(25)26)11-14-23(24)33-19-20-9-12-22(13-10-20)27(2,3)4;3-1(4)2(5)6/h6-16,28H,5,17-19H2,1-4H3;(H,3,4)(H,5,6). The van der Waals surface area contributed by atoms with Gasteiger partial charge in [-0.2, -0.15) is 0 Å². The van der Waals surface area contributed by atoms with Crippen molar-refractivity contribution < 1.29 is 29.3 Å². The van der Waals surface area contributed by atoms with Gasteiger partial charge in [0.05, 0.1) is 13.2 Å². The second kappa shape index (κ2) is 13.4. The number of carboxylic acids is 2.